The van der Waals surface area contributed by atoms with Crippen LogP contribution in [0.25, 0.3) is 0 Å². The fourth-order valence-electron chi connectivity index (χ4n) is 0.863. The van der Waals surface area contributed by atoms with Crippen LogP contribution in [-0.4, -0.2) is 44.2 Å². The maximum Gasteiger partial charge on any atom is 0.153 e. The molecule has 0 saturated carbocycles. The number of sulfone groups is 1. The van der Waals surface area contributed by atoms with Crippen molar-refractivity contribution in [1.82, 2.24) is 5.32 Å². The van der Waals surface area contributed by atoms with E-state index >= 15 is 0 Å². The van der Waals surface area contributed by atoms with Crippen molar-refractivity contribution in [2.75, 3.05) is 25.4 Å². The third-order valence-corrected chi connectivity index (χ3v) is 4.30. The quantitative estimate of drug-likeness (QED) is 0.598. The summed E-state index contributed by atoms with van der Waals surface area (Å²) in [5.41, 5.74) is 0. The summed E-state index contributed by atoms with van der Waals surface area (Å²) in [7, 11) is -2.93. The lowest BCUT2D eigenvalue weighted by Crippen LogP contribution is -2.30. The Labute approximate surface area is 86.6 Å². The first-order valence-electron chi connectivity index (χ1n) is 4.93. The van der Waals surface area contributed by atoms with Crippen LogP contribution >= 0.6 is 0 Å². The van der Waals surface area contributed by atoms with Gasteiger partial charge in [-0.3, -0.25) is 0 Å². The molecule has 5 heteroatoms. The maximum absolute atomic E-state index is 11.4. The van der Waals surface area contributed by atoms with Gasteiger partial charge in [0.05, 0.1) is 11.0 Å². The van der Waals surface area contributed by atoms with Crippen molar-refractivity contribution < 1.29 is 13.5 Å². The van der Waals surface area contributed by atoms with E-state index in [1.165, 1.54) is 0 Å². The van der Waals surface area contributed by atoms with Gasteiger partial charge in [0.2, 0.25) is 0 Å². The van der Waals surface area contributed by atoms with Crippen LogP contribution in [0.4, 0.5) is 0 Å². The standard InChI is InChI=1S/C9H21NO3S/c1-8(2)14(12,13)5-4-10-6-9(3)7-11/h8-11H,4-7H2,1-3H3. The van der Waals surface area contributed by atoms with Crippen LogP contribution in [0.2, 0.25) is 0 Å². The Morgan fingerprint density at radius 2 is 1.86 bits per heavy atom. The second-order valence-electron chi connectivity index (χ2n) is 3.91. The largest absolute Gasteiger partial charge is 0.396 e. The van der Waals surface area contributed by atoms with Crippen molar-refractivity contribution in [3.63, 3.8) is 0 Å². The lowest BCUT2D eigenvalue weighted by atomic mass is 10.2. The third-order valence-electron chi connectivity index (χ3n) is 2.09. The van der Waals surface area contributed by atoms with E-state index in [0.717, 1.165) is 0 Å². The zero-order chi connectivity index (χ0) is 11.2. The van der Waals surface area contributed by atoms with Gasteiger partial charge in [0.1, 0.15) is 0 Å². The highest BCUT2D eigenvalue weighted by molar-refractivity contribution is 7.92. The Morgan fingerprint density at radius 3 is 2.29 bits per heavy atom. The second kappa shape index (κ2) is 6.37. The summed E-state index contributed by atoms with van der Waals surface area (Å²) >= 11 is 0. The van der Waals surface area contributed by atoms with Crippen molar-refractivity contribution in [3.05, 3.63) is 0 Å². The summed E-state index contributed by atoms with van der Waals surface area (Å²) in [5, 5.41) is 11.4. The van der Waals surface area contributed by atoms with Gasteiger partial charge in [0.15, 0.2) is 9.84 Å². The number of aliphatic hydroxyl groups excluding tert-OH is 1. The van der Waals surface area contributed by atoms with Gasteiger partial charge < -0.3 is 10.4 Å². The number of nitrogens with one attached hydrogen (secondary N) is 1. The molecule has 0 aromatic heterocycles. The molecule has 0 bridgehead atoms. The predicted octanol–water partition coefficient (Wildman–Crippen LogP) is 0.0276. The fraction of sp³-hybridized carbons (Fsp3) is 1.00. The Balaban J connectivity index is 3.65. The molecule has 2 N–H and O–H groups in total. The summed E-state index contributed by atoms with van der Waals surface area (Å²) in [5.74, 6) is 0.347. The smallest absolute Gasteiger partial charge is 0.153 e. The van der Waals surface area contributed by atoms with Crippen LogP contribution < -0.4 is 5.32 Å². The summed E-state index contributed by atoms with van der Waals surface area (Å²) in [4.78, 5) is 0. The van der Waals surface area contributed by atoms with Gasteiger partial charge >= 0.3 is 0 Å². The minimum Gasteiger partial charge on any atom is -0.396 e. The first-order chi connectivity index (χ1) is 6.40. The summed E-state index contributed by atoms with van der Waals surface area (Å²) in [6.45, 7) is 6.53. The highest BCUT2D eigenvalue weighted by Crippen LogP contribution is 1.99. The molecular weight excluding hydrogens is 202 g/mol. The van der Waals surface area contributed by atoms with Crippen LogP contribution in [0, 0.1) is 5.92 Å². The average Bonchev–Trinajstić information content (AvgIpc) is 2.11. The highest BCUT2D eigenvalue weighted by atomic mass is 32.2. The topological polar surface area (TPSA) is 66.4 Å². The molecule has 0 aromatic rings. The molecular formula is C9H21NO3S. The van der Waals surface area contributed by atoms with E-state index in [0.29, 0.717) is 13.1 Å². The Hall–Kier alpha value is -0.130. The van der Waals surface area contributed by atoms with Crippen molar-refractivity contribution in [3.8, 4) is 0 Å². The molecule has 86 valence electrons. The maximum atomic E-state index is 11.4. The zero-order valence-electron chi connectivity index (χ0n) is 9.16. The van der Waals surface area contributed by atoms with Crippen molar-refractivity contribution in [1.29, 1.82) is 0 Å². The monoisotopic (exact) mass is 223 g/mol. The number of rotatable bonds is 7. The SMILES string of the molecule is CC(CO)CNCCS(=O)(=O)C(C)C. The van der Waals surface area contributed by atoms with Gasteiger partial charge in [-0.2, -0.15) is 0 Å². The van der Waals surface area contributed by atoms with Gasteiger partial charge in [-0.05, 0) is 26.3 Å². The Morgan fingerprint density at radius 1 is 1.29 bits per heavy atom. The molecule has 0 aliphatic carbocycles. The van der Waals surface area contributed by atoms with Gasteiger partial charge in [-0.15, -0.1) is 0 Å². The third kappa shape index (κ3) is 5.57. The first-order valence-corrected chi connectivity index (χ1v) is 6.65. The van der Waals surface area contributed by atoms with E-state index in [4.69, 9.17) is 5.11 Å². The highest BCUT2D eigenvalue weighted by Gasteiger charge is 2.14. The molecule has 14 heavy (non-hydrogen) atoms. The van der Waals surface area contributed by atoms with E-state index in [-0.39, 0.29) is 23.5 Å². The van der Waals surface area contributed by atoms with Gasteiger partial charge in [0.25, 0.3) is 0 Å². The van der Waals surface area contributed by atoms with Crippen LogP contribution in [0.3, 0.4) is 0 Å². The zero-order valence-corrected chi connectivity index (χ0v) is 9.97. The molecule has 0 aliphatic rings. The molecule has 0 amide bonds. The molecule has 1 unspecified atom stereocenters. The second-order valence-corrected chi connectivity index (χ2v) is 6.58. The lowest BCUT2D eigenvalue weighted by Gasteiger charge is -2.11. The summed E-state index contributed by atoms with van der Waals surface area (Å²) < 4.78 is 22.7. The summed E-state index contributed by atoms with van der Waals surface area (Å²) in [6.07, 6.45) is 0. The lowest BCUT2D eigenvalue weighted by molar-refractivity contribution is 0.234. The van der Waals surface area contributed by atoms with Gasteiger partial charge in [0, 0.05) is 13.2 Å². The molecule has 0 aromatic carbocycles. The van der Waals surface area contributed by atoms with E-state index in [9.17, 15) is 8.42 Å². The number of hydrogen-bond donors (Lipinski definition) is 2. The molecule has 0 heterocycles. The first kappa shape index (κ1) is 13.9. The van der Waals surface area contributed by atoms with Gasteiger partial charge in [-0.1, -0.05) is 6.92 Å². The summed E-state index contributed by atoms with van der Waals surface area (Å²) in [6, 6.07) is 0. The van der Waals surface area contributed by atoms with Gasteiger partial charge in [-0.25, -0.2) is 8.42 Å². The molecule has 0 fully saturated rings. The average molecular weight is 223 g/mol. The normalized spacial score (nSPS) is 14.6. The number of hydrogen-bond acceptors (Lipinski definition) is 4. The molecule has 0 radical (unpaired) electrons. The van der Waals surface area contributed by atoms with Crippen LogP contribution in [0.15, 0.2) is 0 Å². The molecule has 0 rings (SSSR count). The molecule has 1 atom stereocenters. The van der Waals surface area contributed by atoms with Crippen LogP contribution in [0.1, 0.15) is 20.8 Å². The van der Waals surface area contributed by atoms with Crippen molar-refractivity contribution in [2.45, 2.75) is 26.0 Å². The van der Waals surface area contributed by atoms with E-state index < -0.39 is 9.84 Å². The predicted molar refractivity (Wildman–Crippen MR) is 58.0 cm³/mol. The fourth-order valence-corrected chi connectivity index (χ4v) is 1.76. The van der Waals surface area contributed by atoms with E-state index in [1.807, 2.05) is 6.92 Å². The molecule has 4 nitrogen and oxygen atoms in total. The Bertz CT molecular complexity index is 236. The van der Waals surface area contributed by atoms with Crippen molar-refractivity contribution >= 4 is 9.84 Å². The van der Waals surface area contributed by atoms with E-state index in [2.05, 4.69) is 5.32 Å². The molecule has 0 spiro atoms. The van der Waals surface area contributed by atoms with Crippen molar-refractivity contribution in [2.24, 2.45) is 5.92 Å². The van der Waals surface area contributed by atoms with Crippen LogP contribution in [0.5, 0.6) is 0 Å². The minimum absolute atomic E-state index is 0.129. The number of aliphatic hydroxyl groups is 1. The minimum atomic E-state index is -2.93. The molecule has 0 aliphatic heterocycles. The van der Waals surface area contributed by atoms with E-state index in [1.54, 1.807) is 13.8 Å². The molecule has 0 saturated heterocycles. The van der Waals surface area contributed by atoms with Crippen LogP contribution in [-0.2, 0) is 9.84 Å². The Kier molecular flexibility index (Phi) is 6.31.